The predicted octanol–water partition coefficient (Wildman–Crippen LogP) is 5.00. The van der Waals surface area contributed by atoms with Gasteiger partial charge in [0, 0.05) is 14.2 Å². The van der Waals surface area contributed by atoms with Crippen molar-refractivity contribution in [2.24, 2.45) is 0 Å². The minimum Gasteiger partial charge on any atom is -0.322 e. The monoisotopic (exact) mass is 423 g/mol. The van der Waals surface area contributed by atoms with E-state index in [1.807, 2.05) is 22.6 Å². The Labute approximate surface area is 137 Å². The van der Waals surface area contributed by atoms with Gasteiger partial charge in [0.15, 0.2) is 0 Å². The molecule has 0 aliphatic rings. The predicted molar refractivity (Wildman–Crippen MR) is 85.4 cm³/mol. The highest BCUT2D eigenvalue weighted by Crippen LogP contribution is 2.27. The second kappa shape index (κ2) is 7.17. The maximum absolute atomic E-state index is 13.0. The number of halogens is 4. The molecule has 110 valence electrons. The first-order valence-electron chi connectivity index (χ1n) is 5.77. The third kappa shape index (κ3) is 4.63. The van der Waals surface area contributed by atoms with Crippen LogP contribution in [0.25, 0.3) is 0 Å². The molecule has 0 aliphatic carbocycles. The summed E-state index contributed by atoms with van der Waals surface area (Å²) in [6.45, 7) is 0. The fraction of sp³-hybridized carbons (Fsp3) is 0.0714. The Hall–Kier alpha value is -1.22. The molecular formula is C14H9F3INOS. The summed E-state index contributed by atoms with van der Waals surface area (Å²) >= 11 is 2.27. The van der Waals surface area contributed by atoms with Crippen molar-refractivity contribution in [1.29, 1.82) is 0 Å². The van der Waals surface area contributed by atoms with E-state index >= 15 is 0 Å². The number of alkyl halides is 2. The summed E-state index contributed by atoms with van der Waals surface area (Å²) in [7, 11) is 0. The van der Waals surface area contributed by atoms with Crippen LogP contribution < -0.4 is 5.32 Å². The van der Waals surface area contributed by atoms with Crippen LogP contribution >= 0.6 is 34.4 Å². The van der Waals surface area contributed by atoms with Crippen LogP contribution in [0.4, 0.5) is 18.9 Å². The number of nitrogens with one attached hydrogen (secondary N) is 1. The zero-order valence-electron chi connectivity index (χ0n) is 10.4. The first-order chi connectivity index (χ1) is 9.95. The molecule has 2 aromatic rings. The van der Waals surface area contributed by atoms with Crippen LogP contribution in [0.3, 0.4) is 0 Å². The zero-order valence-corrected chi connectivity index (χ0v) is 13.4. The van der Waals surface area contributed by atoms with Crippen LogP contribution in [-0.2, 0) is 0 Å². The zero-order chi connectivity index (χ0) is 15.4. The molecule has 2 aromatic carbocycles. The molecule has 2 nitrogen and oxygen atoms in total. The summed E-state index contributed by atoms with van der Waals surface area (Å²) in [6, 6.07) is 10.0. The lowest BCUT2D eigenvalue weighted by Gasteiger charge is -2.08. The van der Waals surface area contributed by atoms with Gasteiger partial charge < -0.3 is 5.32 Å². The van der Waals surface area contributed by atoms with E-state index in [0.29, 0.717) is 31.5 Å². The molecule has 1 amide bonds. The number of hydrogen-bond donors (Lipinski definition) is 1. The summed E-state index contributed by atoms with van der Waals surface area (Å²) < 4.78 is 38.1. The average Bonchev–Trinajstić information content (AvgIpc) is 2.37. The molecular weight excluding hydrogens is 414 g/mol. The minimum atomic E-state index is -2.52. The third-order valence-electron chi connectivity index (χ3n) is 2.49. The molecule has 0 bridgehead atoms. The molecule has 0 spiro atoms. The number of amides is 1. The third-order valence-corrected chi connectivity index (χ3v) is 4.09. The molecule has 0 saturated carbocycles. The second-order valence-corrected chi connectivity index (χ2v) is 6.21. The number of carbonyl (C=O) groups is 1. The van der Waals surface area contributed by atoms with Crippen LogP contribution in [-0.4, -0.2) is 11.7 Å². The molecule has 0 radical (unpaired) electrons. The quantitative estimate of drug-likeness (QED) is 0.554. The lowest BCUT2D eigenvalue weighted by atomic mass is 10.2. The van der Waals surface area contributed by atoms with E-state index in [4.69, 9.17) is 0 Å². The van der Waals surface area contributed by atoms with Crippen molar-refractivity contribution >= 4 is 45.9 Å². The van der Waals surface area contributed by atoms with Crippen molar-refractivity contribution in [1.82, 2.24) is 0 Å². The first kappa shape index (κ1) is 16.2. The van der Waals surface area contributed by atoms with Gasteiger partial charge in [-0.25, -0.2) is 4.39 Å². The van der Waals surface area contributed by atoms with Crippen molar-refractivity contribution in [3.63, 3.8) is 0 Å². The number of carbonyl (C=O) groups excluding carboxylic acids is 1. The normalized spacial score (nSPS) is 10.7. The van der Waals surface area contributed by atoms with E-state index in [-0.39, 0.29) is 0 Å². The van der Waals surface area contributed by atoms with Gasteiger partial charge in [0.05, 0.1) is 5.56 Å². The molecule has 0 heterocycles. The van der Waals surface area contributed by atoms with E-state index in [9.17, 15) is 18.0 Å². The lowest BCUT2D eigenvalue weighted by Crippen LogP contribution is -2.13. The molecule has 0 aromatic heterocycles. The van der Waals surface area contributed by atoms with Crippen molar-refractivity contribution in [3.8, 4) is 0 Å². The van der Waals surface area contributed by atoms with Crippen molar-refractivity contribution in [2.75, 3.05) is 5.32 Å². The highest BCUT2D eigenvalue weighted by atomic mass is 127. The molecule has 1 N–H and O–H groups in total. The summed E-state index contributed by atoms with van der Waals surface area (Å²) in [6.07, 6.45) is 0. The Morgan fingerprint density at radius 3 is 2.62 bits per heavy atom. The molecule has 21 heavy (non-hydrogen) atoms. The number of hydrogen-bond acceptors (Lipinski definition) is 2. The van der Waals surface area contributed by atoms with E-state index < -0.39 is 17.5 Å². The van der Waals surface area contributed by atoms with Gasteiger partial charge in [-0.3, -0.25) is 4.79 Å². The molecule has 2 rings (SSSR count). The van der Waals surface area contributed by atoms with Crippen LogP contribution in [0.5, 0.6) is 0 Å². The van der Waals surface area contributed by atoms with Gasteiger partial charge in [0.2, 0.25) is 0 Å². The van der Waals surface area contributed by atoms with Crippen LogP contribution in [0.15, 0.2) is 47.4 Å². The van der Waals surface area contributed by atoms with E-state index in [0.717, 1.165) is 0 Å². The Bertz CT molecular complexity index is 666. The highest BCUT2D eigenvalue weighted by molar-refractivity contribution is 14.1. The van der Waals surface area contributed by atoms with Crippen molar-refractivity contribution in [3.05, 3.63) is 57.4 Å². The topological polar surface area (TPSA) is 29.1 Å². The van der Waals surface area contributed by atoms with Crippen molar-refractivity contribution < 1.29 is 18.0 Å². The van der Waals surface area contributed by atoms with Gasteiger partial charge in [-0.2, -0.15) is 8.78 Å². The SMILES string of the molecule is O=C(Nc1cccc(SC(F)F)c1)c1ccc(F)cc1I. The fourth-order valence-electron chi connectivity index (χ4n) is 1.62. The Morgan fingerprint density at radius 1 is 1.19 bits per heavy atom. The van der Waals surface area contributed by atoms with Crippen LogP contribution in [0.1, 0.15) is 10.4 Å². The Morgan fingerprint density at radius 2 is 1.95 bits per heavy atom. The van der Waals surface area contributed by atoms with Crippen LogP contribution in [0.2, 0.25) is 0 Å². The minimum absolute atomic E-state index is 0.323. The fourth-order valence-corrected chi connectivity index (χ4v) is 2.90. The maximum Gasteiger partial charge on any atom is 0.288 e. The summed E-state index contributed by atoms with van der Waals surface area (Å²) in [5.74, 6) is -3.36. The number of thioether (sulfide) groups is 1. The van der Waals surface area contributed by atoms with E-state index in [1.165, 1.54) is 30.3 Å². The molecule has 7 heteroatoms. The standard InChI is InChI=1S/C14H9F3INOS/c15-8-4-5-11(12(18)6-8)13(20)19-9-2-1-3-10(7-9)21-14(16)17/h1-7,14H,(H,19,20). The molecule has 0 atom stereocenters. The smallest absolute Gasteiger partial charge is 0.288 e. The molecule has 0 saturated heterocycles. The average molecular weight is 423 g/mol. The highest BCUT2D eigenvalue weighted by Gasteiger charge is 2.12. The number of rotatable bonds is 4. The summed E-state index contributed by atoms with van der Waals surface area (Å²) in [4.78, 5) is 12.4. The van der Waals surface area contributed by atoms with Gasteiger partial charge in [-0.1, -0.05) is 17.8 Å². The number of benzene rings is 2. The van der Waals surface area contributed by atoms with Crippen molar-refractivity contribution in [2.45, 2.75) is 10.7 Å². The second-order valence-electron chi connectivity index (χ2n) is 3.98. The molecule has 0 unspecified atom stereocenters. The van der Waals surface area contributed by atoms with E-state index in [2.05, 4.69) is 5.32 Å². The first-order valence-corrected chi connectivity index (χ1v) is 7.73. The lowest BCUT2D eigenvalue weighted by molar-refractivity contribution is 0.102. The van der Waals surface area contributed by atoms with Crippen LogP contribution in [0, 0.1) is 9.39 Å². The Kier molecular flexibility index (Phi) is 5.51. The Balaban J connectivity index is 2.15. The van der Waals surface area contributed by atoms with E-state index in [1.54, 1.807) is 12.1 Å². The molecule has 0 aliphatic heterocycles. The summed E-state index contributed by atoms with van der Waals surface area (Å²) in [5.41, 5.74) is 0.731. The largest absolute Gasteiger partial charge is 0.322 e. The maximum atomic E-state index is 13.0. The van der Waals surface area contributed by atoms with Gasteiger partial charge in [-0.05, 0) is 59.0 Å². The summed E-state index contributed by atoms with van der Waals surface area (Å²) in [5, 5.41) is 2.61. The number of anilines is 1. The molecule has 0 fully saturated rings. The van der Waals surface area contributed by atoms with Gasteiger partial charge in [-0.15, -0.1) is 0 Å². The van der Waals surface area contributed by atoms with Gasteiger partial charge in [0.1, 0.15) is 5.82 Å². The van der Waals surface area contributed by atoms with Gasteiger partial charge in [0.25, 0.3) is 11.7 Å². The van der Waals surface area contributed by atoms with Gasteiger partial charge >= 0.3 is 0 Å².